The normalized spacial score (nSPS) is 10.2. The van der Waals surface area contributed by atoms with Crippen LogP contribution in [0, 0.1) is 11.6 Å². The Morgan fingerprint density at radius 1 is 1.17 bits per heavy atom. The van der Waals surface area contributed by atoms with E-state index < -0.39 is 5.82 Å². The maximum Gasteiger partial charge on any atom is 0.224 e. The van der Waals surface area contributed by atoms with Crippen LogP contribution in [-0.4, -0.2) is 24.1 Å². The van der Waals surface area contributed by atoms with Gasteiger partial charge in [0.1, 0.15) is 5.82 Å². The van der Waals surface area contributed by atoms with E-state index in [1.54, 1.807) is 26.2 Å². The SMILES string of the molecule is CNc1ncc(F)c(N(C)c2ccc(F)cc2)n1. The van der Waals surface area contributed by atoms with E-state index in [0.29, 0.717) is 11.6 Å². The van der Waals surface area contributed by atoms with E-state index in [2.05, 4.69) is 15.3 Å². The Hall–Kier alpha value is -2.24. The molecule has 0 amide bonds. The van der Waals surface area contributed by atoms with Crippen LogP contribution in [0.3, 0.4) is 0 Å². The molecule has 1 aromatic carbocycles. The molecule has 0 fully saturated rings. The fourth-order valence-electron chi connectivity index (χ4n) is 1.50. The minimum atomic E-state index is -0.541. The van der Waals surface area contributed by atoms with E-state index >= 15 is 0 Å². The van der Waals surface area contributed by atoms with Gasteiger partial charge in [0.2, 0.25) is 5.95 Å². The number of nitrogens with one attached hydrogen (secondary N) is 1. The maximum atomic E-state index is 13.7. The largest absolute Gasteiger partial charge is 0.357 e. The van der Waals surface area contributed by atoms with Gasteiger partial charge in [-0.05, 0) is 24.3 Å². The number of hydrogen-bond acceptors (Lipinski definition) is 4. The molecule has 1 aromatic heterocycles. The van der Waals surface area contributed by atoms with Crippen molar-refractivity contribution >= 4 is 17.5 Å². The van der Waals surface area contributed by atoms with Gasteiger partial charge in [0.05, 0.1) is 6.20 Å². The highest BCUT2D eigenvalue weighted by Crippen LogP contribution is 2.24. The van der Waals surface area contributed by atoms with E-state index in [1.165, 1.54) is 17.0 Å². The van der Waals surface area contributed by atoms with Crippen molar-refractivity contribution in [2.24, 2.45) is 0 Å². The molecule has 0 aliphatic heterocycles. The summed E-state index contributed by atoms with van der Waals surface area (Å²) in [4.78, 5) is 9.31. The zero-order valence-electron chi connectivity index (χ0n) is 9.98. The van der Waals surface area contributed by atoms with Gasteiger partial charge in [-0.2, -0.15) is 4.98 Å². The van der Waals surface area contributed by atoms with Crippen molar-refractivity contribution in [3.8, 4) is 0 Å². The second kappa shape index (κ2) is 4.95. The molecule has 2 aromatic rings. The Morgan fingerprint density at radius 3 is 2.44 bits per heavy atom. The quantitative estimate of drug-likeness (QED) is 0.909. The molecule has 0 atom stereocenters. The average molecular weight is 250 g/mol. The molecule has 0 spiro atoms. The van der Waals surface area contributed by atoms with Gasteiger partial charge in [0.25, 0.3) is 0 Å². The summed E-state index contributed by atoms with van der Waals surface area (Å²) in [5.74, 6) is -0.437. The van der Waals surface area contributed by atoms with Crippen molar-refractivity contribution in [1.82, 2.24) is 9.97 Å². The highest BCUT2D eigenvalue weighted by molar-refractivity contribution is 5.60. The van der Waals surface area contributed by atoms with E-state index in [4.69, 9.17) is 0 Å². The molecule has 0 aliphatic rings. The molecule has 1 N–H and O–H groups in total. The number of hydrogen-bond donors (Lipinski definition) is 1. The van der Waals surface area contributed by atoms with Gasteiger partial charge in [-0.15, -0.1) is 0 Å². The van der Waals surface area contributed by atoms with Crippen LogP contribution in [0.5, 0.6) is 0 Å². The van der Waals surface area contributed by atoms with E-state index in [1.807, 2.05) is 0 Å². The van der Waals surface area contributed by atoms with E-state index in [-0.39, 0.29) is 11.6 Å². The van der Waals surface area contributed by atoms with Crippen LogP contribution in [-0.2, 0) is 0 Å². The molecule has 2 rings (SSSR count). The Balaban J connectivity index is 2.38. The molecule has 0 saturated carbocycles. The highest BCUT2D eigenvalue weighted by Gasteiger charge is 2.12. The van der Waals surface area contributed by atoms with Crippen LogP contribution in [0.2, 0.25) is 0 Å². The Kier molecular flexibility index (Phi) is 3.36. The third kappa shape index (κ3) is 2.37. The molecule has 4 nitrogen and oxygen atoms in total. The Bertz CT molecular complexity index is 542. The van der Waals surface area contributed by atoms with E-state index in [0.717, 1.165) is 6.20 Å². The number of anilines is 3. The average Bonchev–Trinajstić information content (AvgIpc) is 2.39. The zero-order valence-corrected chi connectivity index (χ0v) is 9.98. The fourth-order valence-corrected chi connectivity index (χ4v) is 1.50. The van der Waals surface area contributed by atoms with Gasteiger partial charge in [-0.25, -0.2) is 13.8 Å². The lowest BCUT2D eigenvalue weighted by Crippen LogP contribution is -2.14. The standard InChI is InChI=1S/C12H12F2N4/c1-15-12-16-7-10(14)11(17-12)18(2)9-5-3-8(13)4-6-9/h3-7H,1-2H3,(H,15,16,17). The van der Waals surface area contributed by atoms with E-state index in [9.17, 15) is 8.78 Å². The highest BCUT2D eigenvalue weighted by atomic mass is 19.1. The first-order chi connectivity index (χ1) is 8.61. The lowest BCUT2D eigenvalue weighted by molar-refractivity contribution is 0.614. The topological polar surface area (TPSA) is 41.1 Å². The molecular weight excluding hydrogens is 238 g/mol. The van der Waals surface area contributed by atoms with Crippen LogP contribution < -0.4 is 10.2 Å². The lowest BCUT2D eigenvalue weighted by atomic mass is 10.3. The summed E-state index contributed by atoms with van der Waals surface area (Å²) in [6.45, 7) is 0. The Labute approximate surface area is 103 Å². The van der Waals surface area contributed by atoms with Crippen molar-refractivity contribution in [3.05, 3.63) is 42.1 Å². The summed E-state index contributed by atoms with van der Waals surface area (Å²) in [7, 11) is 3.30. The van der Waals surface area contributed by atoms with Crippen molar-refractivity contribution in [2.75, 3.05) is 24.3 Å². The maximum absolute atomic E-state index is 13.7. The summed E-state index contributed by atoms with van der Waals surface area (Å²) in [6.07, 6.45) is 1.09. The third-order valence-corrected chi connectivity index (χ3v) is 2.48. The van der Waals surface area contributed by atoms with Gasteiger partial charge in [-0.3, -0.25) is 0 Å². The molecule has 6 heteroatoms. The summed E-state index contributed by atoms with van der Waals surface area (Å²) >= 11 is 0. The Morgan fingerprint density at radius 2 is 1.83 bits per heavy atom. The predicted octanol–water partition coefficient (Wildman–Crippen LogP) is 2.56. The number of nitrogens with zero attached hydrogens (tertiary/aromatic N) is 3. The summed E-state index contributed by atoms with van der Waals surface area (Å²) in [6, 6.07) is 5.72. The summed E-state index contributed by atoms with van der Waals surface area (Å²) in [5.41, 5.74) is 0.635. The van der Waals surface area contributed by atoms with Gasteiger partial charge in [-0.1, -0.05) is 0 Å². The van der Waals surface area contributed by atoms with Crippen LogP contribution in [0.25, 0.3) is 0 Å². The number of halogens is 2. The summed E-state index contributed by atoms with van der Waals surface area (Å²) in [5, 5.41) is 2.73. The minimum absolute atomic E-state index is 0.126. The molecule has 94 valence electrons. The first-order valence-electron chi connectivity index (χ1n) is 5.31. The van der Waals surface area contributed by atoms with Crippen molar-refractivity contribution in [3.63, 3.8) is 0 Å². The molecule has 18 heavy (non-hydrogen) atoms. The van der Waals surface area contributed by atoms with Crippen LogP contribution in [0.15, 0.2) is 30.5 Å². The molecule has 1 heterocycles. The molecule has 0 saturated heterocycles. The van der Waals surface area contributed by atoms with Crippen LogP contribution in [0.4, 0.5) is 26.2 Å². The number of benzene rings is 1. The van der Waals surface area contributed by atoms with Gasteiger partial charge >= 0.3 is 0 Å². The monoisotopic (exact) mass is 250 g/mol. The van der Waals surface area contributed by atoms with Crippen molar-refractivity contribution < 1.29 is 8.78 Å². The lowest BCUT2D eigenvalue weighted by Gasteiger charge is -2.19. The van der Waals surface area contributed by atoms with Crippen LogP contribution in [0.1, 0.15) is 0 Å². The molecule has 0 aliphatic carbocycles. The summed E-state index contributed by atoms with van der Waals surface area (Å²) < 4.78 is 26.5. The second-order valence-electron chi connectivity index (χ2n) is 3.65. The van der Waals surface area contributed by atoms with Crippen LogP contribution >= 0.6 is 0 Å². The third-order valence-electron chi connectivity index (χ3n) is 2.48. The molecule has 0 unspecified atom stereocenters. The molecular formula is C12H12F2N4. The molecule has 0 bridgehead atoms. The van der Waals surface area contributed by atoms with Crippen molar-refractivity contribution in [1.29, 1.82) is 0 Å². The van der Waals surface area contributed by atoms with Crippen molar-refractivity contribution in [2.45, 2.75) is 0 Å². The zero-order chi connectivity index (χ0) is 13.1. The minimum Gasteiger partial charge on any atom is -0.357 e. The smallest absolute Gasteiger partial charge is 0.224 e. The second-order valence-corrected chi connectivity index (χ2v) is 3.65. The first-order valence-corrected chi connectivity index (χ1v) is 5.31. The fraction of sp³-hybridized carbons (Fsp3) is 0.167. The first kappa shape index (κ1) is 12.2. The van der Waals surface area contributed by atoms with Gasteiger partial charge in [0.15, 0.2) is 11.6 Å². The molecule has 0 radical (unpaired) electrons. The van der Waals surface area contributed by atoms with Gasteiger partial charge in [0, 0.05) is 19.8 Å². The van der Waals surface area contributed by atoms with Gasteiger partial charge < -0.3 is 10.2 Å². The predicted molar refractivity (Wildman–Crippen MR) is 66.0 cm³/mol. The number of rotatable bonds is 3. The number of aromatic nitrogens is 2.